The van der Waals surface area contributed by atoms with E-state index in [4.69, 9.17) is 4.74 Å². The predicted octanol–water partition coefficient (Wildman–Crippen LogP) is 6.35. The van der Waals surface area contributed by atoms with Crippen molar-refractivity contribution in [3.8, 4) is 0 Å². The van der Waals surface area contributed by atoms with Crippen molar-refractivity contribution in [1.82, 2.24) is 26.6 Å². The molecule has 3 fully saturated rings. The fourth-order valence-corrected chi connectivity index (χ4v) is 9.40. The third-order valence-electron chi connectivity index (χ3n) is 9.66. The maximum Gasteiger partial charge on any atom is 0.306 e. The van der Waals surface area contributed by atoms with E-state index in [2.05, 4.69) is 110 Å². The van der Waals surface area contributed by atoms with Crippen LogP contribution in [0.2, 0.25) is 0 Å². The number of nitrogens with one attached hydrogen (secondary N) is 5. The van der Waals surface area contributed by atoms with Gasteiger partial charge >= 0.3 is 5.97 Å². The first-order chi connectivity index (χ1) is 19.5. The van der Waals surface area contributed by atoms with Crippen molar-refractivity contribution in [2.24, 2.45) is 0 Å². The van der Waals surface area contributed by atoms with Crippen molar-refractivity contribution in [2.75, 3.05) is 6.54 Å². The molecule has 0 amide bonds. The zero-order valence-electron chi connectivity index (χ0n) is 30.3. The smallest absolute Gasteiger partial charge is 0.306 e. The Morgan fingerprint density at radius 2 is 1.07 bits per heavy atom. The number of ether oxygens (including phenoxy) is 1. The van der Waals surface area contributed by atoms with E-state index in [1.54, 1.807) is 0 Å². The number of rotatable bonds is 13. The van der Waals surface area contributed by atoms with Gasteiger partial charge in [0.05, 0.1) is 0 Å². The van der Waals surface area contributed by atoms with E-state index in [1.807, 2.05) is 0 Å². The van der Waals surface area contributed by atoms with Crippen LogP contribution in [-0.4, -0.2) is 70.0 Å². The van der Waals surface area contributed by atoms with E-state index in [0.29, 0.717) is 24.5 Å². The van der Waals surface area contributed by atoms with Gasteiger partial charge in [0.15, 0.2) is 0 Å². The van der Waals surface area contributed by atoms with Crippen LogP contribution in [0.1, 0.15) is 160 Å². The molecule has 0 aromatic carbocycles. The fraction of sp³-hybridized carbons (Fsp3) is 0.972. The minimum atomic E-state index is -0.0340. The van der Waals surface area contributed by atoms with Crippen LogP contribution >= 0.6 is 0 Å². The van der Waals surface area contributed by atoms with Crippen molar-refractivity contribution in [3.63, 3.8) is 0 Å². The maximum atomic E-state index is 13.1. The van der Waals surface area contributed by atoms with Crippen molar-refractivity contribution >= 4 is 5.97 Å². The summed E-state index contributed by atoms with van der Waals surface area (Å²) in [5.74, 6) is -0.0340. The lowest BCUT2D eigenvalue weighted by molar-refractivity contribution is -0.153. The average Bonchev–Trinajstić information content (AvgIpc) is 2.73. The Kier molecular flexibility index (Phi) is 11.9. The largest absolute Gasteiger partial charge is 0.462 e. The van der Waals surface area contributed by atoms with Gasteiger partial charge in [-0.05, 0) is 135 Å². The minimum Gasteiger partial charge on any atom is -0.462 e. The molecule has 3 rings (SSSR count). The zero-order chi connectivity index (χ0) is 32.3. The second-order valence-electron chi connectivity index (χ2n) is 18.6. The van der Waals surface area contributed by atoms with Crippen LogP contribution < -0.4 is 26.6 Å². The van der Waals surface area contributed by atoms with E-state index in [-0.39, 0.29) is 45.3 Å². The normalized spacial score (nSPS) is 27.4. The summed E-state index contributed by atoms with van der Waals surface area (Å²) in [7, 11) is 0. The van der Waals surface area contributed by atoms with Crippen LogP contribution in [0.4, 0.5) is 0 Å². The molecule has 0 aromatic heterocycles. The molecule has 7 nitrogen and oxygen atoms in total. The lowest BCUT2D eigenvalue weighted by atomic mass is 9.79. The number of hydrogen-bond donors (Lipinski definition) is 5. The summed E-state index contributed by atoms with van der Waals surface area (Å²) in [6, 6.07) is 1.36. The van der Waals surface area contributed by atoms with Gasteiger partial charge in [0.2, 0.25) is 0 Å². The van der Waals surface area contributed by atoms with E-state index in [0.717, 1.165) is 45.1 Å². The van der Waals surface area contributed by atoms with E-state index in [9.17, 15) is 4.79 Å². The summed E-state index contributed by atoms with van der Waals surface area (Å²) >= 11 is 0. The molecule has 252 valence electrons. The van der Waals surface area contributed by atoms with Crippen LogP contribution in [0.15, 0.2) is 0 Å². The van der Waals surface area contributed by atoms with Crippen LogP contribution in [-0.2, 0) is 9.53 Å². The average molecular weight is 606 g/mol. The van der Waals surface area contributed by atoms with Crippen molar-refractivity contribution in [3.05, 3.63) is 0 Å². The van der Waals surface area contributed by atoms with Crippen molar-refractivity contribution in [1.29, 1.82) is 0 Å². The summed E-state index contributed by atoms with van der Waals surface area (Å²) in [6.07, 6.45) is 12.3. The lowest BCUT2D eigenvalue weighted by Gasteiger charge is -2.47. The Morgan fingerprint density at radius 3 is 1.56 bits per heavy atom. The molecule has 1 atom stereocenters. The molecule has 7 heteroatoms. The third-order valence-corrected chi connectivity index (χ3v) is 9.66. The monoisotopic (exact) mass is 606 g/mol. The third kappa shape index (κ3) is 13.3. The summed E-state index contributed by atoms with van der Waals surface area (Å²) in [5.41, 5.74) is 0.498. The van der Waals surface area contributed by atoms with E-state index < -0.39 is 0 Å². The predicted molar refractivity (Wildman–Crippen MR) is 182 cm³/mol. The Labute approximate surface area is 266 Å². The van der Waals surface area contributed by atoms with Crippen LogP contribution in [0.25, 0.3) is 0 Å². The Balaban J connectivity index is 1.49. The SMILES string of the molecule is CC1(C)CC(NCCCCCC(CCC(=O)OC2CC(C)(C)NC(C)(C)C2)NC2CC(C)(C)NC(C)(C)C2)CC(C)(C)N1. The summed E-state index contributed by atoms with van der Waals surface area (Å²) in [6.45, 7) is 28.5. The molecule has 3 aliphatic rings. The van der Waals surface area contributed by atoms with Gasteiger partial charge in [-0.15, -0.1) is 0 Å². The summed E-state index contributed by atoms with van der Waals surface area (Å²) < 4.78 is 6.08. The second kappa shape index (κ2) is 13.9. The molecular weight excluding hydrogens is 534 g/mol. The number of carbonyl (C=O) groups is 1. The molecule has 1 unspecified atom stereocenters. The van der Waals surface area contributed by atoms with Gasteiger partial charge in [-0.2, -0.15) is 0 Å². The molecular formula is C36H71N5O2. The number of unbranched alkanes of at least 4 members (excludes halogenated alkanes) is 2. The molecule has 0 saturated carbocycles. The minimum absolute atomic E-state index is 0.0141. The van der Waals surface area contributed by atoms with Gasteiger partial charge in [0.25, 0.3) is 0 Å². The standard InChI is InChI=1S/C36H71N5O2/c1-31(2)20-27(21-32(3,4)39-31)37-19-15-13-14-16-26(38-28-22-33(5,6)40-34(7,8)23-28)17-18-30(42)43-29-24-35(9,10)41-36(11,12)25-29/h26-29,37-41H,13-25H2,1-12H3. The first kappa shape index (κ1) is 36.7. The van der Waals surface area contributed by atoms with Gasteiger partial charge in [-0.1, -0.05) is 12.8 Å². The highest BCUT2D eigenvalue weighted by atomic mass is 16.5. The maximum absolute atomic E-state index is 13.1. The highest BCUT2D eigenvalue weighted by Crippen LogP contribution is 2.32. The number of carbonyl (C=O) groups excluding carboxylic acids is 1. The molecule has 0 bridgehead atoms. The quantitative estimate of drug-likeness (QED) is 0.124. The molecule has 0 radical (unpaired) electrons. The highest BCUT2D eigenvalue weighted by Gasteiger charge is 2.41. The Bertz CT molecular complexity index is 861. The first-order valence-electron chi connectivity index (χ1n) is 17.6. The molecule has 0 spiro atoms. The van der Waals surface area contributed by atoms with Gasteiger partial charge in [-0.25, -0.2) is 0 Å². The second-order valence-corrected chi connectivity index (χ2v) is 18.6. The lowest BCUT2D eigenvalue weighted by Crippen LogP contribution is -2.62. The summed E-state index contributed by atoms with van der Waals surface area (Å²) in [5, 5.41) is 19.2. The fourth-order valence-electron chi connectivity index (χ4n) is 9.40. The Morgan fingerprint density at radius 1 is 0.628 bits per heavy atom. The van der Waals surface area contributed by atoms with Crippen molar-refractivity contribution < 1.29 is 9.53 Å². The zero-order valence-corrected chi connectivity index (χ0v) is 30.3. The molecule has 3 aliphatic heterocycles. The van der Waals surface area contributed by atoms with Gasteiger partial charge in [0, 0.05) is 70.6 Å². The molecule has 5 N–H and O–H groups in total. The Hall–Kier alpha value is -0.730. The molecule has 0 aliphatic carbocycles. The van der Waals surface area contributed by atoms with Crippen LogP contribution in [0.5, 0.6) is 0 Å². The molecule has 3 heterocycles. The van der Waals surface area contributed by atoms with E-state index >= 15 is 0 Å². The van der Waals surface area contributed by atoms with Crippen LogP contribution in [0.3, 0.4) is 0 Å². The van der Waals surface area contributed by atoms with Gasteiger partial charge < -0.3 is 31.3 Å². The molecule has 0 aromatic rings. The summed E-state index contributed by atoms with van der Waals surface area (Å²) in [4.78, 5) is 13.1. The number of piperidine rings is 3. The molecule has 43 heavy (non-hydrogen) atoms. The van der Waals surface area contributed by atoms with E-state index in [1.165, 1.54) is 32.1 Å². The van der Waals surface area contributed by atoms with Crippen LogP contribution in [0, 0.1) is 0 Å². The number of esters is 1. The van der Waals surface area contributed by atoms with Crippen molar-refractivity contribution in [2.45, 2.75) is 218 Å². The first-order valence-corrected chi connectivity index (χ1v) is 17.6. The number of hydrogen-bond acceptors (Lipinski definition) is 7. The highest BCUT2D eigenvalue weighted by molar-refractivity contribution is 5.69. The van der Waals surface area contributed by atoms with Gasteiger partial charge in [-0.3, -0.25) is 4.79 Å². The molecule has 3 saturated heterocycles. The topological polar surface area (TPSA) is 86.5 Å². The van der Waals surface area contributed by atoms with Gasteiger partial charge in [0.1, 0.15) is 6.10 Å².